The zero-order chi connectivity index (χ0) is 19.9. The van der Waals surface area contributed by atoms with Crippen LogP contribution in [0.4, 0.5) is 32.0 Å². The van der Waals surface area contributed by atoms with Crippen LogP contribution in [0.3, 0.4) is 0 Å². The molecule has 0 bridgehead atoms. The van der Waals surface area contributed by atoms with E-state index in [-0.39, 0.29) is 29.9 Å². The van der Waals surface area contributed by atoms with Gasteiger partial charge >= 0.3 is 12.4 Å². The maximum absolute atomic E-state index is 12.9. The lowest BCUT2D eigenvalue weighted by Crippen LogP contribution is -2.53. The highest BCUT2D eigenvalue weighted by molar-refractivity contribution is 5.75. The molecule has 140 valence electrons. The molecular weight excluding hydrogens is 376 g/mol. The van der Waals surface area contributed by atoms with Crippen LogP contribution in [-0.4, -0.2) is 28.7 Å². The van der Waals surface area contributed by atoms with Crippen molar-refractivity contribution in [3.63, 3.8) is 0 Å². The van der Waals surface area contributed by atoms with Gasteiger partial charge in [-0.2, -0.15) is 26.3 Å². The van der Waals surface area contributed by atoms with Crippen LogP contribution >= 0.6 is 0 Å². The molecule has 6 nitrogen and oxygen atoms in total. The molecule has 1 heterocycles. The van der Waals surface area contributed by atoms with Crippen molar-refractivity contribution in [1.82, 2.24) is 0 Å². The van der Waals surface area contributed by atoms with Gasteiger partial charge in [0.15, 0.2) is 12.0 Å². The van der Waals surface area contributed by atoms with Crippen molar-refractivity contribution in [2.24, 2.45) is 0 Å². The normalized spacial score (nSPS) is 12.9. The first-order valence-electron chi connectivity index (χ1n) is 6.53. The van der Waals surface area contributed by atoms with Gasteiger partial charge in [-0.05, 0) is 18.2 Å². The summed E-state index contributed by atoms with van der Waals surface area (Å²) in [4.78, 5) is 20.4. The van der Waals surface area contributed by atoms with Crippen molar-refractivity contribution in [2.45, 2.75) is 18.0 Å². The molecule has 0 aliphatic carbocycles. The fraction of sp³-hybridized carbons (Fsp3) is 0.214. The quantitative estimate of drug-likeness (QED) is 0.373. The average molecular weight is 383 g/mol. The molecular formula is C14H7F6NO5. The van der Waals surface area contributed by atoms with Gasteiger partial charge in [-0.15, -0.1) is 0 Å². The van der Waals surface area contributed by atoms with Crippen LogP contribution in [0.25, 0.3) is 11.3 Å². The molecule has 12 heteroatoms. The number of furan rings is 1. The SMILES string of the molecule is O=Cc1ccc(-c2ccc(C(O)(C(F)(F)F)C(F)(F)F)cc2[N+](=O)[O-])o1. The molecule has 0 atom stereocenters. The first-order valence-corrected chi connectivity index (χ1v) is 6.53. The zero-order valence-electron chi connectivity index (χ0n) is 12.3. The summed E-state index contributed by atoms with van der Waals surface area (Å²) >= 11 is 0. The zero-order valence-corrected chi connectivity index (χ0v) is 12.3. The van der Waals surface area contributed by atoms with Gasteiger partial charge in [-0.3, -0.25) is 14.9 Å². The summed E-state index contributed by atoms with van der Waals surface area (Å²) in [5.41, 5.74) is -8.74. The molecule has 0 aliphatic rings. The molecule has 1 aromatic carbocycles. The lowest BCUT2D eigenvalue weighted by Gasteiger charge is -2.32. The molecule has 0 saturated heterocycles. The van der Waals surface area contributed by atoms with Crippen LogP contribution in [0.2, 0.25) is 0 Å². The second-order valence-corrected chi connectivity index (χ2v) is 5.01. The van der Waals surface area contributed by atoms with Gasteiger partial charge in [0.05, 0.1) is 10.5 Å². The van der Waals surface area contributed by atoms with E-state index >= 15 is 0 Å². The molecule has 0 unspecified atom stereocenters. The number of carbonyl (C=O) groups is 1. The Labute approximate surface area is 139 Å². The van der Waals surface area contributed by atoms with E-state index < -0.39 is 39.7 Å². The van der Waals surface area contributed by atoms with E-state index in [4.69, 9.17) is 4.42 Å². The predicted molar refractivity (Wildman–Crippen MR) is 72.2 cm³/mol. The van der Waals surface area contributed by atoms with Crippen LogP contribution in [0.15, 0.2) is 34.7 Å². The summed E-state index contributed by atoms with van der Waals surface area (Å²) in [6.07, 6.45) is -12.1. The van der Waals surface area contributed by atoms with Crippen LogP contribution < -0.4 is 0 Å². The number of benzene rings is 1. The Morgan fingerprint density at radius 3 is 2.04 bits per heavy atom. The Morgan fingerprint density at radius 2 is 1.62 bits per heavy atom. The smallest absolute Gasteiger partial charge is 0.430 e. The van der Waals surface area contributed by atoms with Crippen LogP contribution in [-0.2, 0) is 5.60 Å². The van der Waals surface area contributed by atoms with Crippen molar-refractivity contribution in [2.75, 3.05) is 0 Å². The summed E-state index contributed by atoms with van der Waals surface area (Å²) in [5.74, 6) is -0.589. The Kier molecular flexibility index (Phi) is 4.58. The minimum absolute atomic E-state index is 0.0422. The summed E-state index contributed by atoms with van der Waals surface area (Å²) in [5, 5.41) is 20.4. The highest BCUT2D eigenvalue weighted by atomic mass is 19.4. The van der Waals surface area contributed by atoms with Crippen molar-refractivity contribution < 1.29 is 45.6 Å². The summed E-state index contributed by atoms with van der Waals surface area (Å²) < 4.78 is 82.3. The number of nitrogens with zero attached hydrogens (tertiary/aromatic N) is 1. The summed E-state index contributed by atoms with van der Waals surface area (Å²) in [6, 6.07) is 2.93. The van der Waals surface area contributed by atoms with Crippen molar-refractivity contribution in [3.8, 4) is 11.3 Å². The number of carbonyl (C=O) groups excluding carboxylic acids is 1. The first kappa shape index (κ1) is 19.4. The Bertz CT molecular complexity index is 840. The van der Waals surface area contributed by atoms with Crippen LogP contribution in [0, 0.1) is 10.1 Å². The number of aliphatic hydroxyl groups is 1. The third-order valence-corrected chi connectivity index (χ3v) is 3.44. The highest BCUT2D eigenvalue weighted by Crippen LogP contribution is 2.51. The van der Waals surface area contributed by atoms with Crippen molar-refractivity contribution >= 4 is 12.0 Å². The van der Waals surface area contributed by atoms with Gasteiger partial charge in [0, 0.05) is 11.6 Å². The molecule has 0 aliphatic heterocycles. The number of nitro benzene ring substituents is 1. The van der Waals surface area contributed by atoms with E-state index in [1.165, 1.54) is 0 Å². The minimum Gasteiger partial charge on any atom is -0.453 e. The van der Waals surface area contributed by atoms with E-state index in [2.05, 4.69) is 0 Å². The number of hydrogen-bond donors (Lipinski definition) is 1. The molecule has 1 N–H and O–H groups in total. The summed E-state index contributed by atoms with van der Waals surface area (Å²) in [7, 11) is 0. The lowest BCUT2D eigenvalue weighted by molar-refractivity contribution is -0.386. The number of hydrogen-bond acceptors (Lipinski definition) is 5. The monoisotopic (exact) mass is 383 g/mol. The molecule has 1 aromatic heterocycles. The number of rotatable bonds is 4. The number of halogens is 6. The van der Waals surface area contributed by atoms with E-state index in [0.29, 0.717) is 6.07 Å². The Hall–Kier alpha value is -2.89. The molecule has 0 fully saturated rings. The lowest BCUT2D eigenvalue weighted by atomic mass is 9.90. The second-order valence-electron chi connectivity index (χ2n) is 5.01. The molecule has 0 amide bonds. The number of aldehydes is 1. The fourth-order valence-corrected chi connectivity index (χ4v) is 2.17. The van der Waals surface area contributed by atoms with Crippen molar-refractivity contribution in [3.05, 3.63) is 51.8 Å². The molecule has 26 heavy (non-hydrogen) atoms. The summed E-state index contributed by atoms with van der Waals surface area (Å²) in [6.45, 7) is 0. The van der Waals surface area contributed by atoms with E-state index in [9.17, 15) is 46.4 Å². The largest absolute Gasteiger partial charge is 0.453 e. The number of alkyl halides is 6. The highest BCUT2D eigenvalue weighted by Gasteiger charge is 2.71. The third kappa shape index (κ3) is 3.03. The first-order chi connectivity index (χ1) is 11.8. The van der Waals surface area contributed by atoms with Gasteiger partial charge in [-0.25, -0.2) is 0 Å². The maximum Gasteiger partial charge on any atom is 0.430 e. The Balaban J connectivity index is 2.72. The van der Waals surface area contributed by atoms with Gasteiger partial charge in [0.25, 0.3) is 11.3 Å². The van der Waals surface area contributed by atoms with Gasteiger partial charge in [0.2, 0.25) is 0 Å². The topological polar surface area (TPSA) is 93.6 Å². The van der Waals surface area contributed by atoms with E-state index in [0.717, 1.165) is 12.1 Å². The maximum atomic E-state index is 12.9. The second kappa shape index (κ2) is 6.12. The molecule has 2 rings (SSSR count). The van der Waals surface area contributed by atoms with Gasteiger partial charge in [-0.1, -0.05) is 6.07 Å². The van der Waals surface area contributed by atoms with Crippen LogP contribution in [0.5, 0.6) is 0 Å². The molecule has 0 radical (unpaired) electrons. The van der Waals surface area contributed by atoms with Crippen LogP contribution in [0.1, 0.15) is 16.1 Å². The Morgan fingerprint density at radius 1 is 1.04 bits per heavy atom. The van der Waals surface area contributed by atoms with Gasteiger partial charge in [0.1, 0.15) is 5.76 Å². The van der Waals surface area contributed by atoms with Crippen molar-refractivity contribution in [1.29, 1.82) is 0 Å². The standard InChI is InChI=1S/C14H7F6NO5/c15-13(16,17)12(23,14(18,19)20)7-1-3-9(10(5-7)21(24)25)11-4-2-8(6-22)26-11/h1-6,23H. The number of nitro groups is 1. The molecule has 0 saturated carbocycles. The average Bonchev–Trinajstić information content (AvgIpc) is 3.00. The third-order valence-electron chi connectivity index (χ3n) is 3.44. The molecule has 0 spiro atoms. The molecule has 2 aromatic rings. The van der Waals surface area contributed by atoms with Gasteiger partial charge < -0.3 is 9.52 Å². The van der Waals surface area contributed by atoms with E-state index in [1.807, 2.05) is 0 Å². The fourth-order valence-electron chi connectivity index (χ4n) is 2.17. The predicted octanol–water partition coefficient (Wildman–Crippen LogP) is 3.98. The minimum atomic E-state index is -6.18. The van der Waals surface area contributed by atoms with E-state index in [1.54, 1.807) is 0 Å².